The van der Waals surface area contributed by atoms with Crippen LogP contribution >= 0.6 is 8.17 Å². The largest absolute Gasteiger partial charge is 0.620 e. The molecule has 0 radical (unpaired) electrons. The fourth-order valence-electron chi connectivity index (χ4n) is 1.92. The minimum absolute atomic E-state index is 0.0606. The summed E-state index contributed by atoms with van der Waals surface area (Å²) in [5, 5.41) is 10.6. The van der Waals surface area contributed by atoms with Crippen LogP contribution in [0.1, 0.15) is 26.3 Å². The maximum Gasteiger partial charge on any atom is 0.297 e. The van der Waals surface area contributed by atoms with Crippen molar-refractivity contribution in [3.8, 4) is 11.5 Å². The molecule has 2 aromatic rings. The van der Waals surface area contributed by atoms with Gasteiger partial charge in [0.1, 0.15) is 0 Å². The highest BCUT2D eigenvalue weighted by atomic mass is 31.2. The van der Waals surface area contributed by atoms with Gasteiger partial charge in [0.25, 0.3) is 13.9 Å². The van der Waals surface area contributed by atoms with Crippen LogP contribution in [0, 0.1) is 10.1 Å². The third-order valence-corrected chi connectivity index (χ3v) is 4.07. The molecule has 0 aliphatic carbocycles. The summed E-state index contributed by atoms with van der Waals surface area (Å²) < 4.78 is 9.69. The van der Waals surface area contributed by atoms with Crippen molar-refractivity contribution in [2.75, 3.05) is 0 Å². The Morgan fingerprint density at radius 3 is 1.67 bits per heavy atom. The van der Waals surface area contributed by atoms with E-state index in [9.17, 15) is 19.9 Å². The first-order valence-electron chi connectivity index (χ1n) is 7.12. The van der Waals surface area contributed by atoms with Crippen LogP contribution in [0.5, 0.6) is 11.5 Å². The van der Waals surface area contributed by atoms with Gasteiger partial charge in [0.15, 0.2) is 11.5 Å². The highest BCUT2D eigenvalue weighted by Gasteiger charge is 2.21. The smallest absolute Gasteiger partial charge is 0.297 e. The summed E-state index contributed by atoms with van der Waals surface area (Å²) >= 11 is 0. The monoisotopic (exact) mass is 350 g/mol. The number of nitrogens with zero attached hydrogens (tertiary/aromatic N) is 1. The van der Waals surface area contributed by atoms with E-state index >= 15 is 0 Å². The molecule has 0 aliphatic heterocycles. The van der Waals surface area contributed by atoms with Crippen molar-refractivity contribution in [1.82, 2.24) is 0 Å². The Kier molecular flexibility index (Phi) is 5.08. The Balaban J connectivity index is 2.06. The van der Waals surface area contributed by atoms with Gasteiger partial charge in [-0.2, -0.15) is 0 Å². The first-order chi connectivity index (χ1) is 11.1. The van der Waals surface area contributed by atoms with E-state index in [2.05, 4.69) is 0 Å². The summed E-state index contributed by atoms with van der Waals surface area (Å²) in [7, 11) is -4.65. The highest BCUT2D eigenvalue weighted by molar-refractivity contribution is 7.52. The van der Waals surface area contributed by atoms with Gasteiger partial charge in [0, 0.05) is 12.1 Å². The van der Waals surface area contributed by atoms with Crippen LogP contribution in [-0.2, 0) is 5.41 Å². The maximum atomic E-state index is 11.9. The lowest BCUT2D eigenvalue weighted by atomic mass is 9.87. The van der Waals surface area contributed by atoms with Gasteiger partial charge in [-0.1, -0.05) is 32.9 Å². The van der Waals surface area contributed by atoms with E-state index in [0.717, 1.165) is 17.7 Å². The molecule has 0 amide bonds. The summed E-state index contributed by atoms with van der Waals surface area (Å²) in [6.07, 6.45) is 0. The van der Waals surface area contributed by atoms with E-state index in [1.807, 2.05) is 20.8 Å². The SMILES string of the molecule is CC(C)(C)c1ccc(O[P+]([O-])([O-])Oc2ccc([N+](=O)[O-])cc2)cc1. The van der Waals surface area contributed by atoms with Crippen molar-refractivity contribution in [3.05, 3.63) is 64.2 Å². The Hall–Kier alpha value is -2.21. The summed E-state index contributed by atoms with van der Waals surface area (Å²) in [4.78, 5) is 33.8. The quantitative estimate of drug-likeness (QED) is 0.466. The molecule has 24 heavy (non-hydrogen) atoms. The number of non-ortho nitro benzene ring substituents is 1. The van der Waals surface area contributed by atoms with Crippen molar-refractivity contribution in [2.45, 2.75) is 26.2 Å². The molecule has 0 bridgehead atoms. The van der Waals surface area contributed by atoms with Crippen LogP contribution in [0.25, 0.3) is 0 Å². The highest BCUT2D eigenvalue weighted by Crippen LogP contribution is 2.44. The third-order valence-electron chi connectivity index (χ3n) is 3.20. The summed E-state index contributed by atoms with van der Waals surface area (Å²) in [6.45, 7) is 6.12. The van der Waals surface area contributed by atoms with Gasteiger partial charge >= 0.3 is 0 Å². The number of hydrogen-bond donors (Lipinski definition) is 0. The van der Waals surface area contributed by atoms with Crippen molar-refractivity contribution in [2.24, 2.45) is 0 Å². The molecular formula is C16H17NO6P-. The summed E-state index contributed by atoms with van der Waals surface area (Å²) in [5.74, 6) is 0.0634. The normalized spacial score (nSPS) is 11.9. The van der Waals surface area contributed by atoms with Crippen LogP contribution in [0.3, 0.4) is 0 Å². The van der Waals surface area contributed by atoms with Crippen LogP contribution in [0.4, 0.5) is 5.69 Å². The minimum atomic E-state index is -4.65. The zero-order chi connectivity index (χ0) is 18.0. The molecular weight excluding hydrogens is 333 g/mol. The fourth-order valence-corrected chi connectivity index (χ4v) is 2.72. The van der Waals surface area contributed by atoms with Crippen molar-refractivity contribution >= 4 is 13.9 Å². The molecule has 0 N–H and O–H groups in total. The second kappa shape index (κ2) is 6.73. The van der Waals surface area contributed by atoms with E-state index < -0.39 is 13.1 Å². The molecule has 0 saturated heterocycles. The predicted molar refractivity (Wildman–Crippen MR) is 86.4 cm³/mol. The number of hydrogen-bond acceptors (Lipinski definition) is 6. The van der Waals surface area contributed by atoms with Crippen molar-refractivity contribution in [3.63, 3.8) is 0 Å². The summed E-state index contributed by atoms with van der Waals surface area (Å²) in [6, 6.07) is 11.3. The van der Waals surface area contributed by atoms with Gasteiger partial charge in [-0.15, -0.1) is 0 Å². The van der Waals surface area contributed by atoms with E-state index in [1.165, 1.54) is 12.1 Å². The van der Waals surface area contributed by atoms with E-state index in [0.29, 0.717) is 0 Å². The van der Waals surface area contributed by atoms with Crippen LogP contribution in [-0.4, -0.2) is 4.92 Å². The average molecular weight is 350 g/mol. The van der Waals surface area contributed by atoms with Crippen LogP contribution in [0.15, 0.2) is 48.5 Å². The standard InChI is InChI=1S/C16H18NO6P/c1-16(2,3)12-4-8-14(9-5-12)22-24(20,21)23-15-10-6-13(7-11-15)17(18)19/h4-11H,1-3H3,(H,20,21)/p-1. The first kappa shape index (κ1) is 18.1. The third kappa shape index (κ3) is 4.89. The van der Waals surface area contributed by atoms with Gasteiger partial charge in [-0.25, -0.2) is 0 Å². The number of nitro benzene ring substituents is 1. The molecule has 2 aromatic carbocycles. The topological polar surface area (TPSA) is 108 Å². The molecule has 0 unspecified atom stereocenters. The molecule has 128 valence electrons. The van der Waals surface area contributed by atoms with Crippen molar-refractivity contribution < 1.29 is 23.8 Å². The Morgan fingerprint density at radius 2 is 1.29 bits per heavy atom. The lowest BCUT2D eigenvalue weighted by molar-refractivity contribution is -0.384. The maximum absolute atomic E-state index is 11.9. The molecule has 0 saturated carbocycles. The molecule has 0 fully saturated rings. The Bertz CT molecular complexity index is 707. The van der Waals surface area contributed by atoms with Crippen LogP contribution in [0.2, 0.25) is 0 Å². The summed E-state index contributed by atoms with van der Waals surface area (Å²) in [5.41, 5.74) is 0.809. The lowest BCUT2D eigenvalue weighted by Gasteiger charge is -2.30. The molecule has 8 heteroatoms. The van der Waals surface area contributed by atoms with Crippen molar-refractivity contribution in [1.29, 1.82) is 0 Å². The Labute approximate surface area is 140 Å². The number of benzene rings is 2. The second-order valence-electron chi connectivity index (χ2n) is 6.16. The van der Waals surface area contributed by atoms with Gasteiger partial charge in [0.2, 0.25) is 0 Å². The molecule has 0 spiro atoms. The molecule has 2 rings (SSSR count). The molecule has 0 heterocycles. The minimum Gasteiger partial charge on any atom is -0.620 e. The van der Waals surface area contributed by atoms with Gasteiger partial charge < -0.3 is 18.8 Å². The van der Waals surface area contributed by atoms with E-state index in [1.54, 1.807) is 24.3 Å². The Morgan fingerprint density at radius 1 is 0.875 bits per heavy atom. The molecule has 0 aromatic heterocycles. The fraction of sp³-hybridized carbons (Fsp3) is 0.250. The number of nitro groups is 1. The first-order valence-corrected chi connectivity index (χ1v) is 8.58. The molecule has 7 nitrogen and oxygen atoms in total. The molecule has 0 atom stereocenters. The number of phosphoric ester groups is 1. The van der Waals surface area contributed by atoms with Gasteiger partial charge in [-0.3, -0.25) is 10.1 Å². The number of rotatable bonds is 5. The zero-order valence-corrected chi connectivity index (χ0v) is 14.4. The molecule has 0 aliphatic rings. The van der Waals surface area contributed by atoms with Crippen LogP contribution < -0.4 is 18.8 Å². The van der Waals surface area contributed by atoms with E-state index in [4.69, 9.17) is 9.05 Å². The second-order valence-corrected chi connectivity index (χ2v) is 7.41. The van der Waals surface area contributed by atoms with E-state index in [-0.39, 0.29) is 22.6 Å². The predicted octanol–water partition coefficient (Wildman–Crippen LogP) is 2.75. The lowest BCUT2D eigenvalue weighted by Crippen LogP contribution is -2.31. The zero-order valence-electron chi connectivity index (χ0n) is 13.5. The van der Waals surface area contributed by atoms with Gasteiger partial charge in [-0.05, 0) is 35.2 Å². The average Bonchev–Trinajstić information content (AvgIpc) is 2.46. The number of phosphoric acid groups is 1. The van der Waals surface area contributed by atoms with Gasteiger partial charge in [0.05, 0.1) is 4.92 Å².